The predicted molar refractivity (Wildman–Crippen MR) is 99.2 cm³/mol. The summed E-state index contributed by atoms with van der Waals surface area (Å²) >= 11 is 0. The molecule has 6 nitrogen and oxygen atoms in total. The van der Waals surface area contributed by atoms with E-state index in [-0.39, 0.29) is 11.7 Å². The van der Waals surface area contributed by atoms with Crippen molar-refractivity contribution in [1.29, 1.82) is 0 Å². The van der Waals surface area contributed by atoms with E-state index in [4.69, 9.17) is 13.9 Å². The first-order valence-electron chi connectivity index (χ1n) is 8.16. The van der Waals surface area contributed by atoms with E-state index < -0.39 is 11.5 Å². The zero-order valence-corrected chi connectivity index (χ0v) is 14.7. The maximum absolute atomic E-state index is 12.7. The highest BCUT2D eigenvalue weighted by Gasteiger charge is 2.15. The third-order valence-corrected chi connectivity index (χ3v) is 3.66. The smallest absolute Gasteiger partial charge is 0.337 e. The average molecular weight is 353 g/mol. The second-order valence-electron chi connectivity index (χ2n) is 5.99. The summed E-state index contributed by atoms with van der Waals surface area (Å²) in [6, 6.07) is 13.2. The summed E-state index contributed by atoms with van der Waals surface area (Å²) in [7, 11) is 1.55. The van der Waals surface area contributed by atoms with Gasteiger partial charge in [-0.3, -0.25) is 4.79 Å². The van der Waals surface area contributed by atoms with E-state index in [0.717, 1.165) is 0 Å². The molecule has 26 heavy (non-hydrogen) atoms. The SMILES string of the molecule is COc1cccc(NC(=O)c2cc(=O)oc3cc(OC(C)C)ccc23)c1. The molecule has 2 aromatic carbocycles. The van der Waals surface area contributed by atoms with Crippen molar-refractivity contribution < 1.29 is 18.7 Å². The number of hydrogen-bond donors (Lipinski definition) is 1. The number of nitrogens with one attached hydrogen (secondary N) is 1. The van der Waals surface area contributed by atoms with Crippen LogP contribution in [0.25, 0.3) is 11.0 Å². The number of methoxy groups -OCH3 is 1. The van der Waals surface area contributed by atoms with Gasteiger partial charge in [0.05, 0.1) is 18.8 Å². The van der Waals surface area contributed by atoms with Crippen molar-refractivity contribution in [3.05, 3.63) is 64.5 Å². The topological polar surface area (TPSA) is 77.8 Å². The van der Waals surface area contributed by atoms with E-state index in [2.05, 4.69) is 5.32 Å². The minimum absolute atomic E-state index is 0.0151. The maximum Gasteiger partial charge on any atom is 0.337 e. The van der Waals surface area contributed by atoms with Gasteiger partial charge in [0.25, 0.3) is 5.91 Å². The second kappa shape index (κ2) is 7.31. The van der Waals surface area contributed by atoms with Crippen LogP contribution in [-0.4, -0.2) is 19.1 Å². The lowest BCUT2D eigenvalue weighted by molar-refractivity contribution is 0.102. The van der Waals surface area contributed by atoms with Crippen molar-refractivity contribution in [2.24, 2.45) is 0 Å². The Labute approximate surface area is 150 Å². The van der Waals surface area contributed by atoms with Gasteiger partial charge >= 0.3 is 5.63 Å². The Balaban J connectivity index is 1.97. The van der Waals surface area contributed by atoms with Crippen molar-refractivity contribution in [2.45, 2.75) is 20.0 Å². The molecule has 0 radical (unpaired) electrons. The summed E-state index contributed by atoms with van der Waals surface area (Å²) in [5, 5.41) is 3.30. The standard InChI is InChI=1S/C20H19NO5/c1-12(2)25-15-7-8-16-17(11-19(22)26-18(16)10-15)20(23)21-13-5-4-6-14(9-13)24-3/h4-12H,1-3H3,(H,21,23). The van der Waals surface area contributed by atoms with Gasteiger partial charge in [-0.25, -0.2) is 4.79 Å². The lowest BCUT2D eigenvalue weighted by Crippen LogP contribution is -2.15. The molecular weight excluding hydrogens is 334 g/mol. The molecule has 0 spiro atoms. The van der Waals surface area contributed by atoms with Crippen molar-refractivity contribution in [3.63, 3.8) is 0 Å². The normalized spacial score (nSPS) is 10.8. The van der Waals surface area contributed by atoms with Crippen LogP contribution in [-0.2, 0) is 0 Å². The molecule has 0 bridgehead atoms. The molecule has 6 heteroatoms. The van der Waals surface area contributed by atoms with Crippen molar-refractivity contribution in [3.8, 4) is 11.5 Å². The number of carbonyl (C=O) groups excluding carboxylic acids is 1. The number of fused-ring (bicyclic) bond motifs is 1. The highest BCUT2D eigenvalue weighted by Crippen LogP contribution is 2.24. The van der Waals surface area contributed by atoms with Crippen molar-refractivity contribution in [1.82, 2.24) is 0 Å². The minimum Gasteiger partial charge on any atom is -0.497 e. The molecule has 134 valence electrons. The molecule has 3 rings (SSSR count). The van der Waals surface area contributed by atoms with Crippen LogP contribution in [0.5, 0.6) is 11.5 Å². The summed E-state index contributed by atoms with van der Waals surface area (Å²) in [5.74, 6) is 0.783. The molecule has 0 aliphatic heterocycles. The maximum atomic E-state index is 12.7. The van der Waals surface area contributed by atoms with Crippen LogP contribution in [0.1, 0.15) is 24.2 Å². The van der Waals surface area contributed by atoms with Crippen LogP contribution in [0.3, 0.4) is 0 Å². The highest BCUT2D eigenvalue weighted by atomic mass is 16.5. The fourth-order valence-electron chi connectivity index (χ4n) is 2.58. The van der Waals surface area contributed by atoms with E-state index >= 15 is 0 Å². The Morgan fingerprint density at radius 3 is 2.62 bits per heavy atom. The quantitative estimate of drug-likeness (QED) is 0.705. The van der Waals surface area contributed by atoms with E-state index in [1.54, 1.807) is 49.6 Å². The number of carbonyl (C=O) groups is 1. The van der Waals surface area contributed by atoms with Gasteiger partial charge in [-0.05, 0) is 38.1 Å². The van der Waals surface area contributed by atoms with Crippen LogP contribution in [0.15, 0.2) is 57.7 Å². The van der Waals surface area contributed by atoms with Gasteiger partial charge in [0.15, 0.2) is 0 Å². The average Bonchev–Trinajstić information content (AvgIpc) is 2.60. The summed E-state index contributed by atoms with van der Waals surface area (Å²) < 4.78 is 16.0. The summed E-state index contributed by atoms with van der Waals surface area (Å²) in [5.41, 5.74) is 0.493. The van der Waals surface area contributed by atoms with Gasteiger partial charge in [-0.2, -0.15) is 0 Å². The first-order chi connectivity index (χ1) is 12.5. The van der Waals surface area contributed by atoms with Crippen molar-refractivity contribution in [2.75, 3.05) is 12.4 Å². The first-order valence-corrected chi connectivity index (χ1v) is 8.16. The van der Waals surface area contributed by atoms with Gasteiger partial charge in [-0.15, -0.1) is 0 Å². The summed E-state index contributed by atoms with van der Waals surface area (Å²) in [6.07, 6.45) is -0.0151. The third-order valence-electron chi connectivity index (χ3n) is 3.66. The molecule has 1 N–H and O–H groups in total. The number of anilines is 1. The van der Waals surface area contributed by atoms with Crippen molar-refractivity contribution >= 4 is 22.6 Å². The summed E-state index contributed by atoms with van der Waals surface area (Å²) in [6.45, 7) is 3.80. The zero-order valence-electron chi connectivity index (χ0n) is 14.7. The molecule has 0 aliphatic rings. The predicted octanol–water partition coefficient (Wildman–Crippen LogP) is 3.84. The monoisotopic (exact) mass is 353 g/mol. The Morgan fingerprint density at radius 2 is 1.88 bits per heavy atom. The zero-order chi connectivity index (χ0) is 18.7. The van der Waals surface area contributed by atoms with Gasteiger partial charge in [0.1, 0.15) is 17.1 Å². The Hall–Kier alpha value is -3.28. The molecule has 0 unspecified atom stereocenters. The van der Waals surface area contributed by atoms with E-state index in [9.17, 15) is 9.59 Å². The van der Waals surface area contributed by atoms with E-state index in [1.165, 1.54) is 6.07 Å². The minimum atomic E-state index is -0.602. The van der Waals surface area contributed by atoms with Gasteiger partial charge in [0, 0.05) is 29.3 Å². The number of amides is 1. The first kappa shape index (κ1) is 17.5. The van der Waals surface area contributed by atoms with E-state index in [1.807, 2.05) is 13.8 Å². The molecule has 0 fully saturated rings. The molecular formula is C20H19NO5. The van der Waals surface area contributed by atoms with E-state index in [0.29, 0.717) is 28.2 Å². The van der Waals surface area contributed by atoms with Gasteiger partial charge in [-0.1, -0.05) is 6.07 Å². The fourth-order valence-corrected chi connectivity index (χ4v) is 2.58. The van der Waals surface area contributed by atoms with Gasteiger partial charge in [0.2, 0.25) is 0 Å². The molecule has 0 saturated heterocycles. The fraction of sp³-hybridized carbons (Fsp3) is 0.200. The number of rotatable bonds is 5. The third kappa shape index (κ3) is 3.85. The highest BCUT2D eigenvalue weighted by molar-refractivity contribution is 6.12. The molecule has 0 atom stereocenters. The summed E-state index contributed by atoms with van der Waals surface area (Å²) in [4.78, 5) is 24.6. The lowest BCUT2D eigenvalue weighted by atomic mass is 10.1. The Kier molecular flexibility index (Phi) is 4.93. The Morgan fingerprint density at radius 1 is 1.08 bits per heavy atom. The van der Waals surface area contributed by atoms with Crippen LogP contribution < -0.4 is 20.4 Å². The molecule has 0 aliphatic carbocycles. The van der Waals surface area contributed by atoms with Crippen LogP contribution in [0.2, 0.25) is 0 Å². The molecule has 0 saturated carbocycles. The molecule has 3 aromatic rings. The van der Waals surface area contributed by atoms with Crippen LogP contribution >= 0.6 is 0 Å². The van der Waals surface area contributed by atoms with Crippen LogP contribution in [0, 0.1) is 0 Å². The second-order valence-corrected chi connectivity index (χ2v) is 5.99. The largest absolute Gasteiger partial charge is 0.497 e. The molecule has 1 heterocycles. The van der Waals surface area contributed by atoms with Gasteiger partial charge < -0.3 is 19.2 Å². The Bertz CT molecular complexity index is 1010. The molecule has 1 amide bonds. The molecule has 1 aromatic heterocycles. The number of ether oxygens (including phenoxy) is 2. The number of benzene rings is 2. The van der Waals surface area contributed by atoms with Crippen LogP contribution in [0.4, 0.5) is 5.69 Å². The lowest BCUT2D eigenvalue weighted by Gasteiger charge is -2.11. The number of hydrogen-bond acceptors (Lipinski definition) is 5.